The Kier molecular flexibility index (Phi) is 2.60. The van der Waals surface area contributed by atoms with Gasteiger partial charge in [0, 0.05) is 5.39 Å². The highest BCUT2D eigenvalue weighted by molar-refractivity contribution is 6.22. The monoisotopic (exact) mass is 274 g/mol. The molecule has 2 fully saturated rings. The van der Waals surface area contributed by atoms with E-state index in [1.165, 1.54) is 19.3 Å². The number of benzene rings is 2. The lowest BCUT2D eigenvalue weighted by atomic mass is 9.91. The fraction of sp³-hybridized carbons (Fsp3) is 0.412. The van der Waals surface area contributed by atoms with Crippen LogP contribution in [0.25, 0.3) is 10.8 Å². The maximum Gasteiger partial charge on any atom is 0.131 e. The van der Waals surface area contributed by atoms with E-state index in [4.69, 9.17) is 11.6 Å². The zero-order valence-corrected chi connectivity index (χ0v) is 11.4. The molecule has 3 atom stereocenters. The summed E-state index contributed by atoms with van der Waals surface area (Å²) >= 11 is 6.71. The van der Waals surface area contributed by atoms with Gasteiger partial charge in [0.25, 0.3) is 0 Å². The summed E-state index contributed by atoms with van der Waals surface area (Å²) in [6.45, 7) is 0. The molecule has 0 spiro atoms. The molecule has 3 unspecified atom stereocenters. The minimum atomic E-state index is -0.155. The lowest BCUT2D eigenvalue weighted by Crippen LogP contribution is -2.06. The van der Waals surface area contributed by atoms with E-state index in [0.29, 0.717) is 11.3 Å². The summed E-state index contributed by atoms with van der Waals surface area (Å²) in [7, 11) is 0. The van der Waals surface area contributed by atoms with Gasteiger partial charge in [-0.2, -0.15) is 0 Å². The first kappa shape index (κ1) is 11.7. The summed E-state index contributed by atoms with van der Waals surface area (Å²) in [5, 5.41) is 1.69. The number of alkyl halides is 1. The molecule has 98 valence electrons. The van der Waals surface area contributed by atoms with Crippen molar-refractivity contribution in [2.75, 3.05) is 0 Å². The van der Waals surface area contributed by atoms with Gasteiger partial charge in [0.15, 0.2) is 0 Å². The fourth-order valence-corrected chi connectivity index (χ4v) is 4.18. The predicted octanol–water partition coefficient (Wildman–Crippen LogP) is 5.30. The third kappa shape index (κ3) is 1.87. The molecule has 2 aromatic rings. The fourth-order valence-electron chi connectivity index (χ4n) is 3.78. The Labute approximate surface area is 117 Å². The van der Waals surface area contributed by atoms with E-state index < -0.39 is 0 Å². The minimum Gasteiger partial charge on any atom is -0.206 e. The molecule has 4 rings (SSSR count). The second-order valence-corrected chi connectivity index (χ2v) is 6.54. The number of halogens is 2. The SMILES string of the molecule is Fc1ccc(C(Cl)C2CC3CC3C2)c2ccccc12. The molecule has 0 heterocycles. The van der Waals surface area contributed by atoms with Crippen LogP contribution in [0.4, 0.5) is 4.39 Å². The van der Waals surface area contributed by atoms with Crippen LogP contribution in [0.2, 0.25) is 0 Å². The highest BCUT2D eigenvalue weighted by Gasteiger charge is 2.47. The molecule has 0 N–H and O–H groups in total. The van der Waals surface area contributed by atoms with Crippen molar-refractivity contribution in [3.8, 4) is 0 Å². The Morgan fingerprint density at radius 3 is 2.37 bits per heavy atom. The molecular formula is C17H16ClF. The molecule has 2 saturated carbocycles. The molecule has 0 amide bonds. The van der Waals surface area contributed by atoms with Gasteiger partial charge in [-0.25, -0.2) is 4.39 Å². The standard InChI is InChI=1S/C17H16ClF/c18-17(12-8-10-7-11(10)9-12)15-5-6-16(19)14-4-2-1-3-13(14)15/h1-6,10-12,17H,7-9H2. The van der Waals surface area contributed by atoms with Crippen LogP contribution in [0.5, 0.6) is 0 Å². The quantitative estimate of drug-likeness (QED) is 0.652. The number of fused-ring (bicyclic) bond motifs is 2. The zero-order valence-electron chi connectivity index (χ0n) is 10.7. The topological polar surface area (TPSA) is 0 Å². The van der Waals surface area contributed by atoms with Gasteiger partial charge in [-0.3, -0.25) is 0 Å². The second-order valence-electron chi connectivity index (χ2n) is 6.07. The van der Waals surface area contributed by atoms with Crippen molar-refractivity contribution in [1.29, 1.82) is 0 Å². The summed E-state index contributed by atoms with van der Waals surface area (Å²) in [6, 6.07) is 11.1. The summed E-state index contributed by atoms with van der Waals surface area (Å²) in [6.07, 6.45) is 3.92. The van der Waals surface area contributed by atoms with E-state index in [-0.39, 0.29) is 11.2 Å². The Morgan fingerprint density at radius 2 is 1.63 bits per heavy atom. The molecule has 2 aliphatic carbocycles. The number of rotatable bonds is 2. The number of hydrogen-bond acceptors (Lipinski definition) is 0. The van der Waals surface area contributed by atoms with E-state index in [9.17, 15) is 4.39 Å². The van der Waals surface area contributed by atoms with Crippen LogP contribution in [0.3, 0.4) is 0 Å². The van der Waals surface area contributed by atoms with E-state index in [1.54, 1.807) is 6.07 Å². The Bertz CT molecular complexity index is 626. The van der Waals surface area contributed by atoms with E-state index >= 15 is 0 Å². The average Bonchev–Trinajstić information content (AvgIpc) is 3.05. The Balaban J connectivity index is 1.76. The third-order valence-electron chi connectivity index (χ3n) is 4.90. The molecule has 0 aliphatic heterocycles. The van der Waals surface area contributed by atoms with Crippen LogP contribution in [-0.2, 0) is 0 Å². The van der Waals surface area contributed by atoms with Crippen molar-refractivity contribution in [1.82, 2.24) is 0 Å². The van der Waals surface area contributed by atoms with Crippen LogP contribution >= 0.6 is 11.6 Å². The highest BCUT2D eigenvalue weighted by atomic mass is 35.5. The maximum absolute atomic E-state index is 13.8. The van der Waals surface area contributed by atoms with Crippen molar-refractivity contribution in [3.63, 3.8) is 0 Å². The van der Waals surface area contributed by atoms with Gasteiger partial charge in [-0.05, 0) is 54.0 Å². The summed E-state index contributed by atoms with van der Waals surface area (Å²) in [4.78, 5) is 0. The van der Waals surface area contributed by atoms with Crippen molar-refractivity contribution in [2.24, 2.45) is 17.8 Å². The molecule has 0 saturated heterocycles. The molecular weight excluding hydrogens is 259 g/mol. The third-order valence-corrected chi connectivity index (χ3v) is 5.49. The second kappa shape index (κ2) is 4.21. The molecule has 0 aromatic heterocycles. The molecule has 2 aliphatic rings. The number of hydrogen-bond donors (Lipinski definition) is 0. The largest absolute Gasteiger partial charge is 0.206 e. The lowest BCUT2D eigenvalue weighted by Gasteiger charge is -2.20. The van der Waals surface area contributed by atoms with Crippen LogP contribution < -0.4 is 0 Å². The van der Waals surface area contributed by atoms with Gasteiger partial charge < -0.3 is 0 Å². The lowest BCUT2D eigenvalue weighted by molar-refractivity contribution is 0.472. The molecule has 2 aromatic carbocycles. The Morgan fingerprint density at radius 1 is 0.947 bits per heavy atom. The first-order valence-electron chi connectivity index (χ1n) is 7.05. The molecule has 0 radical (unpaired) electrons. The summed E-state index contributed by atoms with van der Waals surface area (Å²) in [5.74, 6) is 2.27. The van der Waals surface area contributed by atoms with Gasteiger partial charge in [-0.15, -0.1) is 11.6 Å². The van der Waals surface area contributed by atoms with Crippen LogP contribution in [0.15, 0.2) is 36.4 Å². The van der Waals surface area contributed by atoms with Crippen LogP contribution in [0.1, 0.15) is 30.2 Å². The van der Waals surface area contributed by atoms with E-state index in [2.05, 4.69) is 0 Å². The van der Waals surface area contributed by atoms with Gasteiger partial charge in [0.05, 0.1) is 5.38 Å². The van der Waals surface area contributed by atoms with E-state index in [1.807, 2.05) is 30.3 Å². The van der Waals surface area contributed by atoms with Crippen LogP contribution in [0, 0.1) is 23.6 Å². The van der Waals surface area contributed by atoms with Gasteiger partial charge in [0.2, 0.25) is 0 Å². The van der Waals surface area contributed by atoms with Crippen molar-refractivity contribution >= 4 is 22.4 Å². The summed E-state index contributed by atoms with van der Waals surface area (Å²) < 4.78 is 13.8. The highest BCUT2D eigenvalue weighted by Crippen LogP contribution is 2.58. The van der Waals surface area contributed by atoms with Crippen molar-refractivity contribution in [2.45, 2.75) is 24.6 Å². The minimum absolute atomic E-state index is 0.0262. The van der Waals surface area contributed by atoms with Gasteiger partial charge >= 0.3 is 0 Å². The first-order chi connectivity index (χ1) is 9.24. The van der Waals surface area contributed by atoms with Gasteiger partial charge in [-0.1, -0.05) is 30.3 Å². The van der Waals surface area contributed by atoms with Crippen LogP contribution in [-0.4, -0.2) is 0 Å². The zero-order chi connectivity index (χ0) is 13.0. The normalized spacial score (nSPS) is 30.3. The molecule has 0 nitrogen and oxygen atoms in total. The summed E-state index contributed by atoms with van der Waals surface area (Å²) in [5.41, 5.74) is 1.10. The molecule has 0 bridgehead atoms. The van der Waals surface area contributed by atoms with E-state index in [0.717, 1.165) is 22.8 Å². The molecule has 19 heavy (non-hydrogen) atoms. The predicted molar refractivity (Wildman–Crippen MR) is 76.8 cm³/mol. The smallest absolute Gasteiger partial charge is 0.131 e. The Hall–Kier alpha value is -1.08. The van der Waals surface area contributed by atoms with Gasteiger partial charge in [0.1, 0.15) is 5.82 Å². The first-order valence-corrected chi connectivity index (χ1v) is 7.49. The maximum atomic E-state index is 13.8. The average molecular weight is 275 g/mol. The van der Waals surface area contributed by atoms with Crippen molar-refractivity contribution in [3.05, 3.63) is 47.8 Å². The van der Waals surface area contributed by atoms with Crippen molar-refractivity contribution < 1.29 is 4.39 Å². The molecule has 2 heteroatoms.